The van der Waals surface area contributed by atoms with Gasteiger partial charge in [-0.05, 0) is 39.5 Å². The maximum absolute atomic E-state index is 11.7. The minimum Gasteiger partial charge on any atom is -0.460 e. The highest BCUT2D eigenvalue weighted by Gasteiger charge is 2.42. The lowest BCUT2D eigenvalue weighted by atomic mass is 9.98. The zero-order valence-corrected chi connectivity index (χ0v) is 20.6. The highest BCUT2D eigenvalue weighted by atomic mass is 32.2. The van der Waals surface area contributed by atoms with Crippen LogP contribution >= 0.6 is 0 Å². The molecule has 0 unspecified atom stereocenters. The van der Waals surface area contributed by atoms with Crippen LogP contribution in [0.3, 0.4) is 0 Å². The molecule has 0 amide bonds. The Bertz CT molecular complexity index is 646. The van der Waals surface area contributed by atoms with E-state index in [1.807, 2.05) is 13.8 Å². The summed E-state index contributed by atoms with van der Waals surface area (Å²) in [5.74, 6) is -0.955. The molecule has 31 heavy (non-hydrogen) atoms. The monoisotopic (exact) mass is 462 g/mol. The number of carbonyl (C=O) groups is 1. The Morgan fingerprint density at radius 1 is 1.00 bits per heavy atom. The van der Waals surface area contributed by atoms with Crippen molar-refractivity contribution >= 4 is 16.1 Å². The summed E-state index contributed by atoms with van der Waals surface area (Å²) in [7, 11) is -3.65. The van der Waals surface area contributed by atoms with Gasteiger partial charge in [0.2, 0.25) is 0 Å². The van der Waals surface area contributed by atoms with E-state index in [1.165, 1.54) is 44.9 Å². The van der Waals surface area contributed by atoms with Gasteiger partial charge in [0.1, 0.15) is 12.2 Å². The maximum atomic E-state index is 11.7. The van der Waals surface area contributed by atoms with Crippen LogP contribution in [0.5, 0.6) is 0 Å². The summed E-state index contributed by atoms with van der Waals surface area (Å²) in [6.45, 7) is 6.06. The minimum absolute atomic E-state index is 0.0138. The van der Waals surface area contributed by atoms with Crippen LogP contribution in [0.2, 0.25) is 0 Å². The van der Waals surface area contributed by atoms with Crippen molar-refractivity contribution in [3.63, 3.8) is 0 Å². The van der Waals surface area contributed by atoms with Gasteiger partial charge in [-0.2, -0.15) is 8.42 Å². The van der Waals surface area contributed by atoms with Gasteiger partial charge in [-0.3, -0.25) is 8.98 Å². The number of hydrogen-bond donors (Lipinski definition) is 0. The van der Waals surface area contributed by atoms with Crippen molar-refractivity contribution in [3.05, 3.63) is 0 Å². The Labute approximate surface area is 188 Å². The second-order valence-corrected chi connectivity index (χ2v) is 11.1. The van der Waals surface area contributed by atoms with Crippen LogP contribution in [0.4, 0.5) is 0 Å². The Hall–Kier alpha value is -0.700. The molecule has 4 atom stereocenters. The van der Waals surface area contributed by atoms with Crippen molar-refractivity contribution in [1.29, 1.82) is 0 Å². The summed E-state index contributed by atoms with van der Waals surface area (Å²) in [4.78, 5) is 11.5. The Morgan fingerprint density at radius 3 is 2.13 bits per heavy atom. The summed E-state index contributed by atoms with van der Waals surface area (Å²) < 4.78 is 46.2. The predicted molar refractivity (Wildman–Crippen MR) is 119 cm³/mol. The molecule has 0 spiro atoms. The van der Waals surface area contributed by atoms with Crippen molar-refractivity contribution in [1.82, 2.24) is 0 Å². The van der Waals surface area contributed by atoms with Gasteiger partial charge in [0, 0.05) is 6.42 Å². The van der Waals surface area contributed by atoms with Gasteiger partial charge in [0.05, 0.1) is 18.5 Å². The summed E-state index contributed by atoms with van der Waals surface area (Å²) in [6.07, 6.45) is 12.5. The predicted octanol–water partition coefficient (Wildman–Crippen LogP) is 4.87. The average Bonchev–Trinajstić information content (AvgIpc) is 3.22. The van der Waals surface area contributed by atoms with Gasteiger partial charge in [0.15, 0.2) is 5.79 Å². The summed E-state index contributed by atoms with van der Waals surface area (Å²) in [5.41, 5.74) is 0. The second kappa shape index (κ2) is 12.5. The Morgan fingerprint density at radius 2 is 1.58 bits per heavy atom. The molecule has 8 heteroatoms. The number of hydrogen-bond acceptors (Lipinski definition) is 7. The molecule has 2 saturated heterocycles. The lowest BCUT2D eigenvalue weighted by Crippen LogP contribution is -2.33. The molecule has 182 valence electrons. The molecular formula is C23H42O7S. The molecule has 7 nitrogen and oxygen atoms in total. The number of carbonyl (C=O) groups excluding carboxylic acids is 1. The summed E-state index contributed by atoms with van der Waals surface area (Å²) >= 11 is 0. The third-order valence-electron chi connectivity index (χ3n) is 5.99. The molecular weight excluding hydrogens is 420 g/mol. The SMILES string of the molecule is CCCCCCCCCC[C@H]1OC(C)(C)O[C@@H]1CC[C@@H](OS(C)(=O)=O)[C@H]1CCC(=O)O1. The molecule has 0 bridgehead atoms. The first kappa shape index (κ1) is 26.6. The first-order chi connectivity index (χ1) is 14.6. The smallest absolute Gasteiger partial charge is 0.306 e. The molecule has 0 N–H and O–H groups in total. The Balaban J connectivity index is 1.81. The van der Waals surface area contributed by atoms with E-state index in [1.54, 1.807) is 0 Å². The lowest BCUT2D eigenvalue weighted by molar-refractivity contribution is -0.148. The molecule has 0 saturated carbocycles. The van der Waals surface area contributed by atoms with Crippen molar-refractivity contribution in [2.24, 2.45) is 0 Å². The van der Waals surface area contributed by atoms with E-state index in [2.05, 4.69) is 6.92 Å². The second-order valence-electron chi connectivity index (χ2n) is 9.46. The zero-order valence-electron chi connectivity index (χ0n) is 19.8. The summed E-state index contributed by atoms with van der Waals surface area (Å²) in [5, 5.41) is 0. The first-order valence-corrected chi connectivity index (χ1v) is 13.8. The largest absolute Gasteiger partial charge is 0.460 e. The Kier molecular flexibility index (Phi) is 10.7. The number of unbranched alkanes of at least 4 members (excludes halogenated alkanes) is 7. The van der Waals surface area contributed by atoms with E-state index in [9.17, 15) is 13.2 Å². The maximum Gasteiger partial charge on any atom is 0.306 e. The molecule has 0 aromatic heterocycles. The van der Waals surface area contributed by atoms with Crippen molar-refractivity contribution < 1.29 is 31.6 Å². The zero-order chi connectivity index (χ0) is 22.9. The van der Waals surface area contributed by atoms with E-state index in [-0.39, 0.29) is 18.2 Å². The van der Waals surface area contributed by atoms with Crippen LogP contribution in [-0.4, -0.2) is 50.8 Å². The normalized spacial score (nSPS) is 26.8. The van der Waals surface area contributed by atoms with E-state index in [4.69, 9.17) is 18.4 Å². The van der Waals surface area contributed by atoms with Gasteiger partial charge in [-0.25, -0.2) is 0 Å². The third-order valence-corrected chi connectivity index (χ3v) is 6.59. The number of rotatable bonds is 15. The standard InChI is InChI=1S/C23H42O7S/c1-5-6-7-8-9-10-11-12-13-19-20(29-23(2,3)28-19)14-15-21(30-31(4,25)26)18-16-17-22(24)27-18/h18-21H,5-17H2,1-4H3/t18-,19-,20-,21-/m1/s1. The molecule has 2 heterocycles. The molecule has 2 rings (SSSR count). The molecule has 2 fully saturated rings. The molecule has 0 aliphatic carbocycles. The fraction of sp³-hybridized carbons (Fsp3) is 0.957. The van der Waals surface area contributed by atoms with Crippen LogP contribution in [-0.2, 0) is 33.3 Å². The lowest BCUT2D eigenvalue weighted by Gasteiger charge is -2.24. The average molecular weight is 463 g/mol. The number of ether oxygens (including phenoxy) is 3. The van der Waals surface area contributed by atoms with E-state index >= 15 is 0 Å². The van der Waals surface area contributed by atoms with Crippen LogP contribution in [0.15, 0.2) is 0 Å². The topological polar surface area (TPSA) is 88.1 Å². The minimum atomic E-state index is -3.65. The van der Waals surface area contributed by atoms with E-state index in [0.717, 1.165) is 19.1 Å². The molecule has 2 aliphatic rings. The van der Waals surface area contributed by atoms with Gasteiger partial charge >= 0.3 is 5.97 Å². The van der Waals surface area contributed by atoms with Crippen LogP contribution < -0.4 is 0 Å². The number of cyclic esters (lactones) is 1. The van der Waals surface area contributed by atoms with Crippen LogP contribution in [0.25, 0.3) is 0 Å². The molecule has 2 aliphatic heterocycles. The number of esters is 1. The highest BCUT2D eigenvalue weighted by molar-refractivity contribution is 7.86. The van der Waals surface area contributed by atoms with Gasteiger partial charge in [-0.15, -0.1) is 0 Å². The fourth-order valence-corrected chi connectivity index (χ4v) is 5.20. The van der Waals surface area contributed by atoms with E-state index < -0.39 is 28.1 Å². The van der Waals surface area contributed by atoms with Crippen molar-refractivity contribution in [2.45, 2.75) is 134 Å². The highest BCUT2D eigenvalue weighted by Crippen LogP contribution is 2.35. The quantitative estimate of drug-likeness (QED) is 0.195. The van der Waals surface area contributed by atoms with Gasteiger partial charge in [0.25, 0.3) is 10.1 Å². The third kappa shape index (κ3) is 10.2. The molecule has 0 aromatic rings. The van der Waals surface area contributed by atoms with Crippen LogP contribution in [0.1, 0.15) is 104 Å². The van der Waals surface area contributed by atoms with E-state index in [0.29, 0.717) is 25.7 Å². The van der Waals surface area contributed by atoms with Gasteiger partial charge in [-0.1, -0.05) is 58.3 Å². The van der Waals surface area contributed by atoms with Crippen LogP contribution in [0, 0.1) is 0 Å². The molecule has 0 aromatic carbocycles. The van der Waals surface area contributed by atoms with Crippen molar-refractivity contribution in [3.8, 4) is 0 Å². The van der Waals surface area contributed by atoms with Crippen molar-refractivity contribution in [2.75, 3.05) is 6.26 Å². The summed E-state index contributed by atoms with van der Waals surface area (Å²) in [6, 6.07) is 0. The fourth-order valence-electron chi connectivity index (χ4n) is 4.54. The molecule has 0 radical (unpaired) electrons. The van der Waals surface area contributed by atoms with Gasteiger partial charge < -0.3 is 14.2 Å². The first-order valence-electron chi connectivity index (χ1n) is 12.0.